The monoisotopic (exact) mass is 258 g/mol. The van der Waals surface area contributed by atoms with Crippen molar-refractivity contribution in [3.8, 4) is 0 Å². The molecule has 1 aliphatic heterocycles. The number of benzene rings is 1. The number of ketones is 1. The number of Topliss-reactive ketones (excluding diaryl/α,β-unsaturated/α-hetero) is 1. The molecular weight excluding hydrogens is 236 g/mol. The van der Waals surface area contributed by atoms with Gasteiger partial charge in [-0.15, -0.1) is 0 Å². The second kappa shape index (κ2) is 5.85. The van der Waals surface area contributed by atoms with Gasteiger partial charge in [-0.2, -0.15) is 0 Å². The summed E-state index contributed by atoms with van der Waals surface area (Å²) in [5.41, 5.74) is 2.27. The maximum Gasteiger partial charge on any atom is 0.176 e. The lowest BCUT2D eigenvalue weighted by Crippen LogP contribution is -2.45. The van der Waals surface area contributed by atoms with E-state index in [0.29, 0.717) is 6.54 Å². The Bertz CT molecular complexity index is 431. The lowest BCUT2D eigenvalue weighted by Gasteiger charge is -2.27. The molecule has 0 amide bonds. The Morgan fingerprint density at radius 1 is 1.16 bits per heavy atom. The van der Waals surface area contributed by atoms with Gasteiger partial charge in [-0.3, -0.25) is 9.69 Å². The van der Waals surface area contributed by atoms with Crippen LogP contribution in [0.4, 0.5) is 0 Å². The molecule has 1 saturated heterocycles. The van der Waals surface area contributed by atoms with E-state index in [1.54, 1.807) is 0 Å². The molecule has 0 unspecified atom stereocenters. The molecule has 1 aromatic rings. The summed E-state index contributed by atoms with van der Waals surface area (Å²) in [7, 11) is 0. The van der Waals surface area contributed by atoms with Gasteiger partial charge in [0.2, 0.25) is 0 Å². The fourth-order valence-electron chi connectivity index (χ4n) is 2.85. The Morgan fingerprint density at radius 2 is 1.84 bits per heavy atom. The molecule has 1 aromatic carbocycles. The zero-order valence-electron chi connectivity index (χ0n) is 11.4. The number of piperazine rings is 1. The van der Waals surface area contributed by atoms with Crippen LogP contribution in [0.2, 0.25) is 0 Å². The highest BCUT2D eigenvalue weighted by atomic mass is 16.1. The van der Waals surface area contributed by atoms with Crippen LogP contribution in [0.15, 0.2) is 24.3 Å². The number of carbonyl (C=O) groups is 1. The fraction of sp³-hybridized carbons (Fsp3) is 0.562. The predicted octanol–water partition coefficient (Wildman–Crippen LogP) is 2.04. The molecule has 0 radical (unpaired) electrons. The SMILES string of the molecule is O=C(CN1CCNCC1)c1ccc(C2CCC2)cc1. The molecule has 3 nitrogen and oxygen atoms in total. The molecule has 2 fully saturated rings. The number of nitrogens with one attached hydrogen (secondary N) is 1. The van der Waals surface area contributed by atoms with E-state index in [1.165, 1.54) is 24.8 Å². The van der Waals surface area contributed by atoms with Crippen molar-refractivity contribution in [2.45, 2.75) is 25.2 Å². The maximum absolute atomic E-state index is 12.2. The van der Waals surface area contributed by atoms with Gasteiger partial charge < -0.3 is 5.32 Å². The van der Waals surface area contributed by atoms with Crippen LogP contribution in [-0.4, -0.2) is 43.4 Å². The summed E-state index contributed by atoms with van der Waals surface area (Å²) in [5.74, 6) is 0.999. The molecule has 0 bridgehead atoms. The lowest BCUT2D eigenvalue weighted by atomic mass is 9.80. The van der Waals surface area contributed by atoms with Crippen LogP contribution in [-0.2, 0) is 0 Å². The first-order valence-corrected chi connectivity index (χ1v) is 7.39. The van der Waals surface area contributed by atoms with Gasteiger partial charge in [-0.05, 0) is 24.3 Å². The van der Waals surface area contributed by atoms with Crippen molar-refractivity contribution in [1.82, 2.24) is 10.2 Å². The van der Waals surface area contributed by atoms with Gasteiger partial charge in [0.1, 0.15) is 0 Å². The van der Waals surface area contributed by atoms with Gasteiger partial charge in [0.25, 0.3) is 0 Å². The van der Waals surface area contributed by atoms with Crippen molar-refractivity contribution >= 4 is 5.78 Å². The molecule has 1 saturated carbocycles. The van der Waals surface area contributed by atoms with Gasteiger partial charge in [-0.1, -0.05) is 30.7 Å². The minimum absolute atomic E-state index is 0.252. The second-order valence-corrected chi connectivity index (χ2v) is 5.70. The molecule has 102 valence electrons. The van der Waals surface area contributed by atoms with Crippen LogP contribution < -0.4 is 5.32 Å². The highest BCUT2D eigenvalue weighted by molar-refractivity contribution is 5.97. The molecule has 2 aliphatic rings. The number of hydrogen-bond donors (Lipinski definition) is 1. The van der Waals surface area contributed by atoms with Crippen molar-refractivity contribution in [3.05, 3.63) is 35.4 Å². The molecule has 0 atom stereocenters. The van der Waals surface area contributed by atoms with Gasteiger partial charge in [0, 0.05) is 31.7 Å². The Morgan fingerprint density at radius 3 is 2.42 bits per heavy atom. The van der Waals surface area contributed by atoms with Crippen LogP contribution in [0, 0.1) is 0 Å². The van der Waals surface area contributed by atoms with Crippen LogP contribution >= 0.6 is 0 Å². The number of rotatable bonds is 4. The third-order valence-electron chi connectivity index (χ3n) is 4.39. The molecular formula is C16H22N2O. The second-order valence-electron chi connectivity index (χ2n) is 5.70. The third kappa shape index (κ3) is 3.04. The number of hydrogen-bond acceptors (Lipinski definition) is 3. The topological polar surface area (TPSA) is 32.3 Å². The molecule has 19 heavy (non-hydrogen) atoms. The van der Waals surface area contributed by atoms with Gasteiger partial charge >= 0.3 is 0 Å². The molecule has 1 aliphatic carbocycles. The highest BCUT2D eigenvalue weighted by Crippen LogP contribution is 2.36. The summed E-state index contributed by atoms with van der Waals surface area (Å²) in [6.45, 7) is 4.50. The van der Waals surface area contributed by atoms with Crippen molar-refractivity contribution < 1.29 is 4.79 Å². The van der Waals surface area contributed by atoms with E-state index < -0.39 is 0 Å². The molecule has 1 N–H and O–H groups in total. The largest absolute Gasteiger partial charge is 0.314 e. The number of carbonyl (C=O) groups excluding carboxylic acids is 1. The van der Waals surface area contributed by atoms with E-state index in [1.807, 2.05) is 12.1 Å². The summed E-state index contributed by atoms with van der Waals surface area (Å²) in [6, 6.07) is 8.32. The van der Waals surface area contributed by atoms with Crippen LogP contribution in [0.5, 0.6) is 0 Å². The van der Waals surface area contributed by atoms with Gasteiger partial charge in [0.05, 0.1) is 6.54 Å². The van der Waals surface area contributed by atoms with Gasteiger partial charge in [-0.25, -0.2) is 0 Å². The predicted molar refractivity (Wildman–Crippen MR) is 76.7 cm³/mol. The highest BCUT2D eigenvalue weighted by Gasteiger charge is 2.20. The summed E-state index contributed by atoms with van der Waals surface area (Å²) < 4.78 is 0. The zero-order valence-corrected chi connectivity index (χ0v) is 11.4. The van der Waals surface area contributed by atoms with Crippen molar-refractivity contribution in [2.24, 2.45) is 0 Å². The maximum atomic E-state index is 12.2. The lowest BCUT2D eigenvalue weighted by molar-refractivity contribution is 0.0921. The van der Waals surface area contributed by atoms with E-state index >= 15 is 0 Å². The first-order chi connectivity index (χ1) is 9.33. The third-order valence-corrected chi connectivity index (χ3v) is 4.39. The Kier molecular flexibility index (Phi) is 3.95. The number of nitrogens with zero attached hydrogens (tertiary/aromatic N) is 1. The molecule has 3 heteroatoms. The van der Waals surface area contributed by atoms with E-state index in [-0.39, 0.29) is 5.78 Å². The normalized spacial score (nSPS) is 21.1. The van der Waals surface area contributed by atoms with E-state index in [2.05, 4.69) is 22.3 Å². The summed E-state index contributed by atoms with van der Waals surface area (Å²) in [4.78, 5) is 14.5. The summed E-state index contributed by atoms with van der Waals surface area (Å²) in [6.07, 6.45) is 3.98. The minimum atomic E-state index is 0.252. The van der Waals surface area contributed by atoms with E-state index in [4.69, 9.17) is 0 Å². The Labute approximate surface area is 115 Å². The van der Waals surface area contributed by atoms with E-state index in [0.717, 1.165) is 37.7 Å². The summed E-state index contributed by atoms with van der Waals surface area (Å²) >= 11 is 0. The molecule has 0 aromatic heterocycles. The zero-order chi connectivity index (χ0) is 13.1. The van der Waals surface area contributed by atoms with Crippen LogP contribution in [0.3, 0.4) is 0 Å². The first kappa shape index (κ1) is 12.8. The average Bonchev–Trinajstić information content (AvgIpc) is 2.39. The molecule has 1 heterocycles. The summed E-state index contributed by atoms with van der Waals surface area (Å²) in [5, 5.41) is 3.31. The fourth-order valence-corrected chi connectivity index (χ4v) is 2.85. The van der Waals surface area contributed by atoms with Crippen molar-refractivity contribution in [2.75, 3.05) is 32.7 Å². The smallest absolute Gasteiger partial charge is 0.176 e. The quantitative estimate of drug-likeness (QED) is 0.839. The standard InChI is InChI=1S/C16H22N2O/c19-16(12-18-10-8-17-9-11-18)15-6-4-14(5-7-15)13-2-1-3-13/h4-7,13,17H,1-3,8-12H2. The van der Waals surface area contributed by atoms with Crippen LogP contribution in [0.25, 0.3) is 0 Å². The Balaban J connectivity index is 1.59. The van der Waals surface area contributed by atoms with Crippen molar-refractivity contribution in [1.29, 1.82) is 0 Å². The first-order valence-electron chi connectivity index (χ1n) is 7.39. The average molecular weight is 258 g/mol. The molecule has 0 spiro atoms. The van der Waals surface area contributed by atoms with Crippen LogP contribution in [0.1, 0.15) is 41.1 Å². The van der Waals surface area contributed by atoms with E-state index in [9.17, 15) is 4.79 Å². The Hall–Kier alpha value is -1.19. The molecule has 3 rings (SSSR count). The van der Waals surface area contributed by atoms with Gasteiger partial charge in [0.15, 0.2) is 5.78 Å². The minimum Gasteiger partial charge on any atom is -0.314 e. The van der Waals surface area contributed by atoms with Crippen molar-refractivity contribution in [3.63, 3.8) is 0 Å².